The number of thiol groups is 1. The standard InChI is InChI=1S/C9H12O2S/c10-4-7-1-8(5-11)3-9(2-7)6-12/h1-3,10-12H,4-6H2. The van der Waals surface area contributed by atoms with Crippen LogP contribution in [0.1, 0.15) is 16.7 Å². The van der Waals surface area contributed by atoms with Crippen molar-refractivity contribution in [2.24, 2.45) is 0 Å². The monoisotopic (exact) mass is 184 g/mol. The Labute approximate surface area is 77.3 Å². The van der Waals surface area contributed by atoms with Crippen molar-refractivity contribution in [1.82, 2.24) is 0 Å². The van der Waals surface area contributed by atoms with E-state index in [0.29, 0.717) is 5.75 Å². The minimum absolute atomic E-state index is 0.00855. The van der Waals surface area contributed by atoms with E-state index >= 15 is 0 Å². The van der Waals surface area contributed by atoms with Gasteiger partial charge < -0.3 is 10.2 Å². The molecule has 0 atom stereocenters. The maximum absolute atomic E-state index is 8.87. The molecule has 0 aliphatic heterocycles. The summed E-state index contributed by atoms with van der Waals surface area (Å²) in [6.45, 7) is 0.0171. The van der Waals surface area contributed by atoms with Crippen molar-refractivity contribution in [1.29, 1.82) is 0 Å². The number of aliphatic hydroxyl groups is 2. The lowest BCUT2D eigenvalue weighted by Crippen LogP contribution is -1.91. The lowest BCUT2D eigenvalue weighted by Gasteiger charge is -2.04. The van der Waals surface area contributed by atoms with Gasteiger partial charge in [-0.2, -0.15) is 12.6 Å². The topological polar surface area (TPSA) is 40.5 Å². The van der Waals surface area contributed by atoms with Crippen molar-refractivity contribution >= 4 is 12.6 Å². The Bertz CT molecular complexity index is 205. The van der Waals surface area contributed by atoms with Crippen molar-refractivity contribution in [3.8, 4) is 0 Å². The van der Waals surface area contributed by atoms with E-state index in [9.17, 15) is 0 Å². The summed E-state index contributed by atoms with van der Waals surface area (Å²) < 4.78 is 0. The zero-order valence-electron chi connectivity index (χ0n) is 6.70. The van der Waals surface area contributed by atoms with Crippen LogP contribution in [-0.2, 0) is 19.0 Å². The summed E-state index contributed by atoms with van der Waals surface area (Å²) in [7, 11) is 0. The lowest BCUT2D eigenvalue weighted by atomic mass is 10.1. The van der Waals surface area contributed by atoms with E-state index in [1.807, 2.05) is 12.1 Å². The van der Waals surface area contributed by atoms with Crippen LogP contribution < -0.4 is 0 Å². The van der Waals surface area contributed by atoms with Gasteiger partial charge in [0.25, 0.3) is 0 Å². The molecule has 0 unspecified atom stereocenters. The molecule has 12 heavy (non-hydrogen) atoms. The van der Waals surface area contributed by atoms with Crippen LogP contribution in [0.4, 0.5) is 0 Å². The molecule has 1 aromatic rings. The Kier molecular flexibility index (Phi) is 3.59. The molecule has 66 valence electrons. The van der Waals surface area contributed by atoms with Gasteiger partial charge in [-0.05, 0) is 16.7 Å². The molecule has 1 rings (SSSR count). The zero-order valence-corrected chi connectivity index (χ0v) is 7.59. The van der Waals surface area contributed by atoms with E-state index in [0.717, 1.165) is 16.7 Å². The van der Waals surface area contributed by atoms with Gasteiger partial charge in [-0.3, -0.25) is 0 Å². The highest BCUT2D eigenvalue weighted by molar-refractivity contribution is 7.79. The number of rotatable bonds is 3. The average molecular weight is 184 g/mol. The Morgan fingerprint density at radius 3 is 1.67 bits per heavy atom. The fraction of sp³-hybridized carbons (Fsp3) is 0.333. The van der Waals surface area contributed by atoms with E-state index in [-0.39, 0.29) is 13.2 Å². The van der Waals surface area contributed by atoms with Gasteiger partial charge >= 0.3 is 0 Å². The van der Waals surface area contributed by atoms with Gasteiger partial charge in [0.1, 0.15) is 0 Å². The van der Waals surface area contributed by atoms with Crippen molar-refractivity contribution in [3.05, 3.63) is 34.9 Å². The average Bonchev–Trinajstić information content (AvgIpc) is 2.16. The van der Waals surface area contributed by atoms with Crippen LogP contribution in [0.25, 0.3) is 0 Å². The zero-order chi connectivity index (χ0) is 8.97. The molecule has 0 saturated carbocycles. The van der Waals surface area contributed by atoms with E-state index in [1.165, 1.54) is 0 Å². The molecule has 3 heteroatoms. The SMILES string of the molecule is OCc1cc(CO)cc(CS)c1. The Balaban J connectivity index is 3.01. The first-order chi connectivity index (χ1) is 5.80. The quantitative estimate of drug-likeness (QED) is 0.616. The van der Waals surface area contributed by atoms with Crippen LogP contribution in [0.2, 0.25) is 0 Å². The van der Waals surface area contributed by atoms with Crippen LogP contribution in [0, 0.1) is 0 Å². The lowest BCUT2D eigenvalue weighted by molar-refractivity contribution is 0.275. The molecule has 0 aromatic heterocycles. The van der Waals surface area contributed by atoms with E-state index in [4.69, 9.17) is 10.2 Å². The molecule has 0 aliphatic rings. The molecule has 0 spiro atoms. The summed E-state index contributed by atoms with van der Waals surface area (Å²) in [5.74, 6) is 0.626. The molecule has 0 saturated heterocycles. The Morgan fingerprint density at radius 1 is 0.917 bits per heavy atom. The molecule has 2 N–H and O–H groups in total. The van der Waals surface area contributed by atoms with Gasteiger partial charge in [0.2, 0.25) is 0 Å². The fourth-order valence-corrected chi connectivity index (χ4v) is 1.30. The largest absolute Gasteiger partial charge is 0.392 e. The van der Waals surface area contributed by atoms with Gasteiger partial charge in [0.15, 0.2) is 0 Å². The van der Waals surface area contributed by atoms with Gasteiger partial charge in [-0.1, -0.05) is 18.2 Å². The first-order valence-corrected chi connectivity index (χ1v) is 4.37. The van der Waals surface area contributed by atoms with E-state index in [1.54, 1.807) is 6.07 Å². The summed E-state index contributed by atoms with van der Waals surface area (Å²) in [4.78, 5) is 0. The van der Waals surface area contributed by atoms with Crippen LogP contribution in [-0.4, -0.2) is 10.2 Å². The third-order valence-corrected chi connectivity index (χ3v) is 2.03. The van der Waals surface area contributed by atoms with Crippen LogP contribution >= 0.6 is 12.6 Å². The second-order valence-electron chi connectivity index (χ2n) is 2.63. The van der Waals surface area contributed by atoms with Crippen molar-refractivity contribution in [2.45, 2.75) is 19.0 Å². The number of hydrogen-bond donors (Lipinski definition) is 3. The molecule has 0 fully saturated rings. The molecule has 0 amide bonds. The maximum atomic E-state index is 8.87. The normalized spacial score (nSPS) is 10.2. The molecular weight excluding hydrogens is 172 g/mol. The molecule has 0 radical (unpaired) electrons. The third kappa shape index (κ3) is 2.24. The molecular formula is C9H12O2S. The van der Waals surface area contributed by atoms with Gasteiger partial charge in [-0.25, -0.2) is 0 Å². The summed E-state index contributed by atoms with van der Waals surface area (Å²) in [6, 6.07) is 5.55. The molecule has 2 nitrogen and oxygen atoms in total. The molecule has 1 aromatic carbocycles. The molecule has 0 aliphatic carbocycles. The second-order valence-corrected chi connectivity index (χ2v) is 2.95. The van der Waals surface area contributed by atoms with Crippen LogP contribution in [0.15, 0.2) is 18.2 Å². The smallest absolute Gasteiger partial charge is 0.0682 e. The van der Waals surface area contributed by atoms with E-state index < -0.39 is 0 Å². The minimum Gasteiger partial charge on any atom is -0.392 e. The predicted molar refractivity (Wildman–Crippen MR) is 51.0 cm³/mol. The van der Waals surface area contributed by atoms with E-state index in [2.05, 4.69) is 12.6 Å². The molecule has 0 bridgehead atoms. The number of aliphatic hydroxyl groups excluding tert-OH is 2. The first kappa shape index (κ1) is 9.58. The highest BCUT2D eigenvalue weighted by atomic mass is 32.1. The number of hydrogen-bond acceptors (Lipinski definition) is 3. The van der Waals surface area contributed by atoms with Crippen molar-refractivity contribution in [3.63, 3.8) is 0 Å². The summed E-state index contributed by atoms with van der Waals surface area (Å²) in [5.41, 5.74) is 2.67. The van der Waals surface area contributed by atoms with Gasteiger partial charge in [0, 0.05) is 5.75 Å². The van der Waals surface area contributed by atoms with Crippen molar-refractivity contribution in [2.75, 3.05) is 0 Å². The number of benzene rings is 1. The van der Waals surface area contributed by atoms with Gasteiger partial charge in [0.05, 0.1) is 13.2 Å². The maximum Gasteiger partial charge on any atom is 0.0682 e. The Morgan fingerprint density at radius 2 is 1.33 bits per heavy atom. The minimum atomic E-state index is 0.00855. The summed E-state index contributed by atoms with van der Waals surface area (Å²) in [6.07, 6.45) is 0. The summed E-state index contributed by atoms with van der Waals surface area (Å²) in [5, 5.41) is 17.7. The Hall–Kier alpha value is -0.510. The highest BCUT2D eigenvalue weighted by Gasteiger charge is 1.98. The molecule has 0 heterocycles. The highest BCUT2D eigenvalue weighted by Crippen LogP contribution is 2.12. The third-order valence-electron chi connectivity index (χ3n) is 1.66. The van der Waals surface area contributed by atoms with Crippen molar-refractivity contribution < 1.29 is 10.2 Å². The fourth-order valence-electron chi connectivity index (χ4n) is 1.11. The van der Waals surface area contributed by atoms with Crippen LogP contribution in [0.3, 0.4) is 0 Å². The van der Waals surface area contributed by atoms with Crippen LogP contribution in [0.5, 0.6) is 0 Å². The first-order valence-electron chi connectivity index (χ1n) is 3.74. The summed E-state index contributed by atoms with van der Waals surface area (Å²) >= 11 is 4.12. The predicted octanol–water partition coefficient (Wildman–Crippen LogP) is 1.10. The second kappa shape index (κ2) is 4.50. The van der Waals surface area contributed by atoms with Gasteiger partial charge in [-0.15, -0.1) is 0 Å².